The van der Waals surface area contributed by atoms with Crippen molar-refractivity contribution in [1.29, 1.82) is 0 Å². The van der Waals surface area contributed by atoms with Gasteiger partial charge in [0.05, 0.1) is 0 Å². The third kappa shape index (κ3) is 3.36. The zero-order valence-electron chi connectivity index (χ0n) is 10.1. The fourth-order valence-electron chi connectivity index (χ4n) is 1.65. The number of methoxy groups -OCH3 is 1. The van der Waals surface area contributed by atoms with E-state index in [2.05, 4.69) is 49.4 Å². The minimum atomic E-state index is 0.482. The molecule has 0 heterocycles. The van der Waals surface area contributed by atoms with E-state index in [1.54, 1.807) is 7.11 Å². The van der Waals surface area contributed by atoms with Crippen molar-refractivity contribution in [2.24, 2.45) is 0 Å². The average molecular weight is 291 g/mol. The van der Waals surface area contributed by atoms with Crippen molar-refractivity contribution in [3.05, 3.63) is 60.2 Å². The first-order valence-corrected chi connectivity index (χ1v) is 7.50. The number of rotatable bonds is 4. The molecule has 1 atom stereocenters. The quantitative estimate of drug-likeness (QED) is 0.787. The van der Waals surface area contributed by atoms with Gasteiger partial charge in [-0.15, -0.1) is 0 Å². The van der Waals surface area contributed by atoms with E-state index >= 15 is 0 Å². The van der Waals surface area contributed by atoms with Crippen LogP contribution in [0, 0.1) is 0 Å². The Kier molecular flexibility index (Phi) is 4.24. The van der Waals surface area contributed by atoms with Crippen molar-refractivity contribution in [3.63, 3.8) is 0 Å². The van der Waals surface area contributed by atoms with Gasteiger partial charge in [-0.25, -0.2) is 0 Å². The Morgan fingerprint density at radius 3 is 2.18 bits per heavy atom. The van der Waals surface area contributed by atoms with Gasteiger partial charge in [-0.05, 0) is 0 Å². The first kappa shape index (κ1) is 12.2. The van der Waals surface area contributed by atoms with Crippen molar-refractivity contribution >= 4 is 19.4 Å². The monoisotopic (exact) mass is 292 g/mol. The third-order valence-electron chi connectivity index (χ3n) is 2.64. The molecule has 0 aromatic heterocycles. The van der Waals surface area contributed by atoms with Crippen LogP contribution in [0.4, 0.5) is 0 Å². The van der Waals surface area contributed by atoms with Crippen LogP contribution in [0.25, 0.3) is 0 Å². The fourth-order valence-corrected chi connectivity index (χ4v) is 3.78. The summed E-state index contributed by atoms with van der Waals surface area (Å²) in [5.41, 5.74) is 1.38. The molecule has 1 unspecified atom stereocenters. The molecular formula is C15H16OSe. The van der Waals surface area contributed by atoms with Crippen molar-refractivity contribution in [2.45, 2.75) is 11.7 Å². The second-order valence-corrected chi connectivity index (χ2v) is 6.81. The van der Waals surface area contributed by atoms with E-state index < -0.39 is 0 Å². The van der Waals surface area contributed by atoms with Gasteiger partial charge in [0.25, 0.3) is 0 Å². The third-order valence-corrected chi connectivity index (χ3v) is 5.10. The Morgan fingerprint density at radius 2 is 1.59 bits per heavy atom. The Balaban J connectivity index is 2.06. The maximum absolute atomic E-state index is 5.17. The summed E-state index contributed by atoms with van der Waals surface area (Å²) in [6, 6.07) is 19.1. The van der Waals surface area contributed by atoms with Gasteiger partial charge in [0.2, 0.25) is 0 Å². The molecule has 88 valence electrons. The van der Waals surface area contributed by atoms with E-state index in [1.807, 2.05) is 12.1 Å². The Hall–Kier alpha value is -1.24. The number of ether oxygens (including phenoxy) is 1. The molecule has 2 aromatic carbocycles. The molecule has 0 aliphatic carbocycles. The van der Waals surface area contributed by atoms with Crippen molar-refractivity contribution in [3.8, 4) is 5.75 Å². The Morgan fingerprint density at radius 1 is 0.941 bits per heavy atom. The van der Waals surface area contributed by atoms with Crippen LogP contribution in [0.3, 0.4) is 0 Å². The average Bonchev–Trinajstić information content (AvgIpc) is 2.40. The molecular weight excluding hydrogens is 275 g/mol. The van der Waals surface area contributed by atoms with Crippen LogP contribution >= 0.6 is 0 Å². The van der Waals surface area contributed by atoms with Crippen LogP contribution in [0.1, 0.15) is 17.3 Å². The molecule has 0 radical (unpaired) electrons. The first-order chi connectivity index (χ1) is 8.29. The fraction of sp³-hybridized carbons (Fsp3) is 0.200. The molecule has 0 saturated heterocycles. The van der Waals surface area contributed by atoms with Crippen LogP contribution in [0.2, 0.25) is 0 Å². The second kappa shape index (κ2) is 5.90. The van der Waals surface area contributed by atoms with Gasteiger partial charge in [0.15, 0.2) is 0 Å². The second-order valence-electron chi connectivity index (χ2n) is 3.85. The molecule has 0 spiro atoms. The summed E-state index contributed by atoms with van der Waals surface area (Å²) in [4.78, 5) is 0.593. The van der Waals surface area contributed by atoms with Crippen LogP contribution in [0.5, 0.6) is 5.75 Å². The molecule has 0 amide bonds. The predicted molar refractivity (Wildman–Crippen MR) is 73.2 cm³/mol. The van der Waals surface area contributed by atoms with Crippen molar-refractivity contribution in [1.82, 2.24) is 0 Å². The topological polar surface area (TPSA) is 9.23 Å². The Bertz CT molecular complexity index is 450. The molecule has 0 aliphatic rings. The molecule has 0 aliphatic heterocycles. The zero-order chi connectivity index (χ0) is 12.1. The molecule has 0 fully saturated rings. The molecule has 1 nitrogen and oxygen atoms in total. The van der Waals surface area contributed by atoms with E-state index in [0.717, 1.165) is 5.75 Å². The number of hydrogen-bond donors (Lipinski definition) is 0. The summed E-state index contributed by atoms with van der Waals surface area (Å²) in [5, 5.41) is 0. The molecule has 0 bridgehead atoms. The normalized spacial score (nSPS) is 12.1. The number of benzene rings is 2. The van der Waals surface area contributed by atoms with E-state index in [1.165, 1.54) is 10.0 Å². The number of hydrogen-bond acceptors (Lipinski definition) is 1. The van der Waals surface area contributed by atoms with Gasteiger partial charge in [0, 0.05) is 0 Å². The first-order valence-electron chi connectivity index (χ1n) is 5.65. The maximum atomic E-state index is 5.17. The van der Waals surface area contributed by atoms with Gasteiger partial charge in [-0.3, -0.25) is 0 Å². The van der Waals surface area contributed by atoms with E-state index in [9.17, 15) is 0 Å². The van der Waals surface area contributed by atoms with Crippen molar-refractivity contribution in [2.75, 3.05) is 7.11 Å². The molecule has 2 heteroatoms. The SMILES string of the molecule is COc1ccc(C(C)[Se]c2ccccc2)cc1. The van der Waals surface area contributed by atoms with Crippen molar-refractivity contribution < 1.29 is 4.74 Å². The summed E-state index contributed by atoms with van der Waals surface area (Å²) in [6.45, 7) is 2.29. The van der Waals surface area contributed by atoms with Gasteiger partial charge in [-0.2, -0.15) is 0 Å². The van der Waals surface area contributed by atoms with E-state index in [4.69, 9.17) is 4.74 Å². The molecule has 2 rings (SSSR count). The Labute approximate surface area is 109 Å². The predicted octanol–water partition coefficient (Wildman–Crippen LogP) is 2.79. The van der Waals surface area contributed by atoms with Gasteiger partial charge < -0.3 is 0 Å². The van der Waals surface area contributed by atoms with E-state index in [-0.39, 0.29) is 0 Å². The molecule has 0 N–H and O–H groups in total. The van der Waals surface area contributed by atoms with Gasteiger partial charge in [0.1, 0.15) is 0 Å². The minimum absolute atomic E-state index is 0.482. The molecule has 2 aromatic rings. The van der Waals surface area contributed by atoms with Crippen LogP contribution in [-0.2, 0) is 0 Å². The van der Waals surface area contributed by atoms with Gasteiger partial charge in [-0.1, -0.05) is 0 Å². The molecule has 17 heavy (non-hydrogen) atoms. The summed E-state index contributed by atoms with van der Waals surface area (Å²) in [6.07, 6.45) is 0. The van der Waals surface area contributed by atoms with Crippen LogP contribution in [-0.4, -0.2) is 22.1 Å². The summed E-state index contributed by atoms with van der Waals surface area (Å²) >= 11 is 0.482. The molecule has 0 saturated carbocycles. The standard InChI is InChI=1S/C15H16OSe/c1-12(17-15-6-4-3-5-7-15)13-8-10-14(16-2)11-9-13/h3-12H,1-2H3. The summed E-state index contributed by atoms with van der Waals surface area (Å²) < 4.78 is 6.62. The van der Waals surface area contributed by atoms with Crippen LogP contribution in [0.15, 0.2) is 54.6 Å². The van der Waals surface area contributed by atoms with Gasteiger partial charge >= 0.3 is 109 Å². The van der Waals surface area contributed by atoms with Crippen LogP contribution < -0.4 is 9.20 Å². The zero-order valence-corrected chi connectivity index (χ0v) is 11.8. The summed E-state index contributed by atoms with van der Waals surface area (Å²) in [5.74, 6) is 0.924. The summed E-state index contributed by atoms with van der Waals surface area (Å²) in [7, 11) is 1.70. The van der Waals surface area contributed by atoms with E-state index in [0.29, 0.717) is 19.8 Å².